The van der Waals surface area contributed by atoms with Crippen molar-refractivity contribution in [3.63, 3.8) is 0 Å². The molecule has 1 fully saturated rings. The number of aromatic nitrogens is 1. The summed E-state index contributed by atoms with van der Waals surface area (Å²) < 4.78 is 10.7. The SMILES string of the molecule is CCNC(=O)c1cnccc1OC1O[C@H](CO)[C@@H](O)[C@H]1O. The fourth-order valence-electron chi connectivity index (χ4n) is 2.00. The van der Waals surface area contributed by atoms with Crippen molar-refractivity contribution < 1.29 is 29.6 Å². The molecule has 8 nitrogen and oxygen atoms in total. The molecule has 0 aliphatic carbocycles. The van der Waals surface area contributed by atoms with Crippen molar-refractivity contribution in [1.82, 2.24) is 10.3 Å². The first-order valence-electron chi connectivity index (χ1n) is 6.59. The molecule has 1 aliphatic rings. The number of hydrogen-bond acceptors (Lipinski definition) is 7. The van der Waals surface area contributed by atoms with Gasteiger partial charge in [-0.25, -0.2) is 0 Å². The van der Waals surface area contributed by atoms with Crippen LogP contribution in [0.25, 0.3) is 0 Å². The van der Waals surface area contributed by atoms with Gasteiger partial charge in [-0.2, -0.15) is 0 Å². The van der Waals surface area contributed by atoms with E-state index in [9.17, 15) is 15.0 Å². The number of hydrogen-bond donors (Lipinski definition) is 4. The first-order valence-corrected chi connectivity index (χ1v) is 6.59. The maximum atomic E-state index is 11.9. The zero-order valence-electron chi connectivity index (χ0n) is 11.5. The number of carbonyl (C=O) groups is 1. The Labute approximate surface area is 121 Å². The Kier molecular flexibility index (Phi) is 5.07. The Hall–Kier alpha value is -1.74. The number of nitrogens with one attached hydrogen (secondary N) is 1. The third-order valence-electron chi connectivity index (χ3n) is 3.10. The molecule has 0 saturated carbocycles. The van der Waals surface area contributed by atoms with Gasteiger partial charge in [-0.15, -0.1) is 0 Å². The second kappa shape index (κ2) is 6.81. The Morgan fingerprint density at radius 1 is 1.48 bits per heavy atom. The molecule has 8 heteroatoms. The summed E-state index contributed by atoms with van der Waals surface area (Å²) in [4.78, 5) is 15.7. The lowest BCUT2D eigenvalue weighted by atomic mass is 10.1. The normalized spacial score (nSPS) is 28.4. The highest BCUT2D eigenvalue weighted by Gasteiger charge is 2.44. The van der Waals surface area contributed by atoms with Gasteiger partial charge in [0.05, 0.1) is 12.2 Å². The van der Waals surface area contributed by atoms with Gasteiger partial charge in [0.1, 0.15) is 24.1 Å². The van der Waals surface area contributed by atoms with Gasteiger partial charge in [0.2, 0.25) is 6.29 Å². The predicted molar refractivity (Wildman–Crippen MR) is 70.6 cm³/mol. The van der Waals surface area contributed by atoms with Crippen molar-refractivity contribution in [3.05, 3.63) is 24.0 Å². The lowest BCUT2D eigenvalue weighted by Crippen LogP contribution is -2.36. The summed E-state index contributed by atoms with van der Waals surface area (Å²) in [7, 11) is 0. The van der Waals surface area contributed by atoms with Crippen molar-refractivity contribution in [3.8, 4) is 5.75 Å². The first kappa shape index (κ1) is 15.6. The molecule has 21 heavy (non-hydrogen) atoms. The Bertz CT molecular complexity index is 497. The largest absolute Gasteiger partial charge is 0.461 e. The van der Waals surface area contributed by atoms with Crippen molar-refractivity contribution in [2.75, 3.05) is 13.2 Å². The quantitative estimate of drug-likeness (QED) is 0.530. The molecule has 4 N–H and O–H groups in total. The number of ether oxygens (including phenoxy) is 2. The third kappa shape index (κ3) is 3.30. The minimum absolute atomic E-state index is 0.172. The molecule has 0 bridgehead atoms. The van der Waals surface area contributed by atoms with Gasteiger partial charge in [0.15, 0.2) is 0 Å². The van der Waals surface area contributed by atoms with Crippen LogP contribution in [-0.4, -0.2) is 64.0 Å². The first-order chi connectivity index (χ1) is 10.1. The lowest BCUT2D eigenvalue weighted by molar-refractivity contribution is -0.116. The number of carbonyl (C=O) groups excluding carboxylic acids is 1. The Balaban J connectivity index is 2.15. The van der Waals surface area contributed by atoms with Gasteiger partial charge in [-0.1, -0.05) is 0 Å². The highest BCUT2D eigenvalue weighted by molar-refractivity contribution is 5.96. The molecule has 1 aromatic heterocycles. The van der Waals surface area contributed by atoms with Crippen molar-refractivity contribution in [2.45, 2.75) is 31.5 Å². The summed E-state index contributed by atoms with van der Waals surface area (Å²) in [6, 6.07) is 1.46. The standard InChI is InChI=1S/C13H18N2O6/c1-2-15-12(19)7-5-14-4-3-8(7)20-13-11(18)10(17)9(6-16)21-13/h3-5,9-11,13,16-18H,2,6H2,1H3,(H,15,19)/t9-,10-,11-,13?/m1/s1. The van der Waals surface area contributed by atoms with Crippen LogP contribution in [0.4, 0.5) is 0 Å². The van der Waals surface area contributed by atoms with Gasteiger partial charge in [0.25, 0.3) is 5.91 Å². The van der Waals surface area contributed by atoms with Crippen LogP contribution in [-0.2, 0) is 4.74 Å². The second-order valence-corrected chi connectivity index (χ2v) is 4.56. The molecule has 4 atom stereocenters. The summed E-state index contributed by atoms with van der Waals surface area (Å²) >= 11 is 0. The van der Waals surface area contributed by atoms with E-state index in [0.717, 1.165) is 0 Å². The van der Waals surface area contributed by atoms with E-state index >= 15 is 0 Å². The Morgan fingerprint density at radius 2 is 2.24 bits per heavy atom. The number of aliphatic hydroxyl groups excluding tert-OH is 3. The van der Waals surface area contributed by atoms with Crippen LogP contribution in [0.15, 0.2) is 18.5 Å². The average Bonchev–Trinajstić information content (AvgIpc) is 2.76. The maximum absolute atomic E-state index is 11.9. The van der Waals surface area contributed by atoms with Gasteiger partial charge >= 0.3 is 0 Å². The molecule has 2 heterocycles. The molecule has 1 saturated heterocycles. The monoisotopic (exact) mass is 298 g/mol. The van der Waals surface area contributed by atoms with Gasteiger partial charge in [0, 0.05) is 18.9 Å². The fourth-order valence-corrected chi connectivity index (χ4v) is 2.00. The van der Waals surface area contributed by atoms with Gasteiger partial charge in [-0.05, 0) is 13.0 Å². The van der Waals surface area contributed by atoms with E-state index < -0.39 is 31.2 Å². The van der Waals surface area contributed by atoms with Crippen molar-refractivity contribution >= 4 is 5.91 Å². The second-order valence-electron chi connectivity index (χ2n) is 4.56. The zero-order valence-corrected chi connectivity index (χ0v) is 11.5. The number of nitrogens with zero attached hydrogens (tertiary/aromatic N) is 1. The summed E-state index contributed by atoms with van der Waals surface area (Å²) in [5.74, 6) is -0.196. The van der Waals surface area contributed by atoms with Crippen LogP contribution < -0.4 is 10.1 Å². The summed E-state index contributed by atoms with van der Waals surface area (Å²) in [5.41, 5.74) is 0.192. The molecule has 116 valence electrons. The average molecular weight is 298 g/mol. The van der Waals surface area contributed by atoms with Crippen LogP contribution in [0.2, 0.25) is 0 Å². The zero-order chi connectivity index (χ0) is 15.4. The van der Waals surface area contributed by atoms with E-state index in [-0.39, 0.29) is 17.2 Å². The highest BCUT2D eigenvalue weighted by Crippen LogP contribution is 2.26. The molecule has 1 aromatic rings. The molecule has 1 unspecified atom stereocenters. The smallest absolute Gasteiger partial charge is 0.256 e. The molecular formula is C13H18N2O6. The highest BCUT2D eigenvalue weighted by atomic mass is 16.7. The molecule has 1 amide bonds. The van der Waals surface area contributed by atoms with E-state index in [0.29, 0.717) is 6.54 Å². The van der Waals surface area contributed by atoms with Crippen LogP contribution in [0.1, 0.15) is 17.3 Å². The number of rotatable bonds is 5. The van der Waals surface area contributed by atoms with E-state index in [2.05, 4.69) is 10.3 Å². The third-order valence-corrected chi connectivity index (χ3v) is 3.10. The summed E-state index contributed by atoms with van der Waals surface area (Å²) in [5, 5.41) is 31.1. The van der Waals surface area contributed by atoms with Crippen LogP contribution >= 0.6 is 0 Å². The molecular weight excluding hydrogens is 280 g/mol. The predicted octanol–water partition coefficient (Wildman–Crippen LogP) is -1.35. The van der Waals surface area contributed by atoms with E-state index in [1.807, 2.05) is 0 Å². The lowest BCUT2D eigenvalue weighted by Gasteiger charge is -2.18. The number of aliphatic hydroxyl groups is 3. The topological polar surface area (TPSA) is 121 Å². The molecule has 1 aliphatic heterocycles. The minimum atomic E-state index is -1.32. The van der Waals surface area contributed by atoms with E-state index in [4.69, 9.17) is 14.6 Å². The van der Waals surface area contributed by atoms with Crippen LogP contribution in [0.3, 0.4) is 0 Å². The summed E-state index contributed by atoms with van der Waals surface area (Å²) in [6.07, 6.45) is -1.92. The molecule has 0 spiro atoms. The molecule has 2 rings (SSSR count). The molecule has 0 radical (unpaired) electrons. The van der Waals surface area contributed by atoms with Crippen molar-refractivity contribution in [2.24, 2.45) is 0 Å². The number of amides is 1. The molecule has 0 aromatic carbocycles. The van der Waals surface area contributed by atoms with Crippen LogP contribution in [0.5, 0.6) is 5.75 Å². The number of pyridine rings is 1. The maximum Gasteiger partial charge on any atom is 0.256 e. The van der Waals surface area contributed by atoms with Gasteiger partial charge in [-0.3, -0.25) is 9.78 Å². The van der Waals surface area contributed by atoms with Crippen LogP contribution in [0, 0.1) is 0 Å². The van der Waals surface area contributed by atoms with E-state index in [1.54, 1.807) is 6.92 Å². The van der Waals surface area contributed by atoms with E-state index in [1.165, 1.54) is 18.5 Å². The van der Waals surface area contributed by atoms with Gasteiger partial charge < -0.3 is 30.1 Å². The summed E-state index contributed by atoms with van der Waals surface area (Å²) in [6.45, 7) is 1.78. The Morgan fingerprint density at radius 3 is 2.86 bits per heavy atom. The van der Waals surface area contributed by atoms with Crippen molar-refractivity contribution in [1.29, 1.82) is 0 Å². The minimum Gasteiger partial charge on any atom is -0.461 e. The fraction of sp³-hybridized carbons (Fsp3) is 0.538.